The minimum absolute atomic E-state index is 0.143. The molecule has 1 amide bonds. The highest BCUT2D eigenvalue weighted by atomic mass is 16.5. The fraction of sp³-hybridized carbons (Fsp3) is 0.133. The summed E-state index contributed by atoms with van der Waals surface area (Å²) < 4.78 is 10.9. The van der Waals surface area contributed by atoms with Gasteiger partial charge in [-0.2, -0.15) is 0 Å². The van der Waals surface area contributed by atoms with E-state index in [1.807, 2.05) is 30.3 Å². The van der Waals surface area contributed by atoms with Crippen LogP contribution in [0.3, 0.4) is 0 Å². The maximum Gasteiger partial charge on any atom is 0.221 e. The molecule has 0 unspecified atom stereocenters. The number of hydrogen-bond acceptors (Lipinski definition) is 3. The lowest BCUT2D eigenvalue weighted by molar-refractivity contribution is -0.114. The van der Waals surface area contributed by atoms with Crippen molar-refractivity contribution in [1.82, 2.24) is 0 Å². The first kappa shape index (κ1) is 13.0. The van der Waals surface area contributed by atoms with E-state index in [1.54, 1.807) is 25.3 Å². The van der Waals surface area contributed by atoms with Crippen LogP contribution in [0.15, 0.2) is 48.5 Å². The zero-order chi connectivity index (χ0) is 13.7. The number of benzene rings is 2. The summed E-state index contributed by atoms with van der Waals surface area (Å²) in [6.07, 6.45) is 0. The zero-order valence-corrected chi connectivity index (χ0v) is 10.8. The van der Waals surface area contributed by atoms with Gasteiger partial charge in [0.05, 0.1) is 12.8 Å². The third-order valence-electron chi connectivity index (χ3n) is 2.46. The molecule has 4 heteroatoms. The van der Waals surface area contributed by atoms with Crippen molar-refractivity contribution in [2.45, 2.75) is 6.92 Å². The Balaban J connectivity index is 2.21. The molecule has 0 bridgehead atoms. The van der Waals surface area contributed by atoms with E-state index in [0.29, 0.717) is 17.2 Å². The number of carbonyl (C=O) groups is 1. The third-order valence-corrected chi connectivity index (χ3v) is 2.46. The summed E-state index contributed by atoms with van der Waals surface area (Å²) in [4.78, 5) is 11.1. The van der Waals surface area contributed by atoms with E-state index in [2.05, 4.69) is 5.32 Å². The van der Waals surface area contributed by atoms with Crippen LogP contribution in [-0.4, -0.2) is 13.0 Å². The van der Waals surface area contributed by atoms with Crippen LogP contribution in [0, 0.1) is 0 Å². The lowest BCUT2D eigenvalue weighted by atomic mass is 10.2. The normalized spacial score (nSPS) is 9.79. The second-order valence-corrected chi connectivity index (χ2v) is 3.96. The minimum atomic E-state index is -0.143. The fourth-order valence-corrected chi connectivity index (χ4v) is 1.65. The van der Waals surface area contributed by atoms with E-state index < -0.39 is 0 Å². The number of rotatable bonds is 4. The topological polar surface area (TPSA) is 47.6 Å². The fourth-order valence-electron chi connectivity index (χ4n) is 1.65. The average molecular weight is 257 g/mol. The van der Waals surface area contributed by atoms with E-state index in [9.17, 15) is 4.79 Å². The van der Waals surface area contributed by atoms with Crippen LogP contribution in [0.25, 0.3) is 0 Å². The SMILES string of the molecule is COc1cc(Oc2ccccc2)ccc1NC(C)=O. The molecule has 4 nitrogen and oxygen atoms in total. The van der Waals surface area contributed by atoms with Crippen molar-refractivity contribution < 1.29 is 14.3 Å². The summed E-state index contributed by atoms with van der Waals surface area (Å²) in [5, 5.41) is 2.70. The third kappa shape index (κ3) is 3.48. The van der Waals surface area contributed by atoms with Gasteiger partial charge in [-0.1, -0.05) is 18.2 Å². The zero-order valence-electron chi connectivity index (χ0n) is 10.8. The van der Waals surface area contributed by atoms with Crippen LogP contribution >= 0.6 is 0 Å². The summed E-state index contributed by atoms with van der Waals surface area (Å²) in [5.74, 6) is 1.81. The van der Waals surface area contributed by atoms with Gasteiger partial charge in [-0.3, -0.25) is 4.79 Å². The van der Waals surface area contributed by atoms with E-state index >= 15 is 0 Å². The Morgan fingerprint density at radius 2 is 1.79 bits per heavy atom. The number of carbonyl (C=O) groups excluding carboxylic acids is 1. The average Bonchev–Trinajstić information content (AvgIpc) is 2.41. The maximum atomic E-state index is 11.1. The van der Waals surface area contributed by atoms with Crippen molar-refractivity contribution in [3.63, 3.8) is 0 Å². The van der Waals surface area contributed by atoms with Crippen molar-refractivity contribution in [1.29, 1.82) is 0 Å². The summed E-state index contributed by atoms with van der Waals surface area (Å²) in [7, 11) is 1.55. The van der Waals surface area contributed by atoms with Gasteiger partial charge in [-0.15, -0.1) is 0 Å². The van der Waals surface area contributed by atoms with Gasteiger partial charge in [0.2, 0.25) is 5.91 Å². The highest BCUT2D eigenvalue weighted by Crippen LogP contribution is 2.31. The van der Waals surface area contributed by atoms with Gasteiger partial charge in [0.1, 0.15) is 17.2 Å². The van der Waals surface area contributed by atoms with E-state index in [0.717, 1.165) is 5.75 Å². The highest BCUT2D eigenvalue weighted by molar-refractivity contribution is 5.90. The first-order valence-corrected chi connectivity index (χ1v) is 5.87. The molecular weight excluding hydrogens is 242 g/mol. The number of anilines is 1. The monoisotopic (exact) mass is 257 g/mol. The Bertz CT molecular complexity index is 567. The van der Waals surface area contributed by atoms with Crippen LogP contribution in [0.2, 0.25) is 0 Å². The first-order chi connectivity index (χ1) is 9.19. The van der Waals surface area contributed by atoms with Gasteiger partial charge >= 0.3 is 0 Å². The van der Waals surface area contributed by atoms with Crippen molar-refractivity contribution in [3.05, 3.63) is 48.5 Å². The number of hydrogen-bond donors (Lipinski definition) is 1. The van der Waals surface area contributed by atoms with Gasteiger partial charge in [0.15, 0.2) is 0 Å². The molecule has 0 saturated heterocycles. The summed E-state index contributed by atoms with van der Waals surface area (Å²) >= 11 is 0. The molecule has 0 fully saturated rings. The predicted molar refractivity (Wildman–Crippen MR) is 73.8 cm³/mol. The second-order valence-electron chi connectivity index (χ2n) is 3.96. The Hall–Kier alpha value is -2.49. The molecule has 2 rings (SSSR count). The number of amides is 1. The highest BCUT2D eigenvalue weighted by Gasteiger charge is 2.07. The molecule has 2 aromatic rings. The van der Waals surface area contributed by atoms with Crippen LogP contribution in [0.1, 0.15) is 6.92 Å². The van der Waals surface area contributed by atoms with Crippen LogP contribution in [0.5, 0.6) is 17.2 Å². The minimum Gasteiger partial charge on any atom is -0.494 e. The number of methoxy groups -OCH3 is 1. The van der Waals surface area contributed by atoms with E-state index in [-0.39, 0.29) is 5.91 Å². The predicted octanol–water partition coefficient (Wildman–Crippen LogP) is 3.45. The molecule has 0 aliphatic carbocycles. The Morgan fingerprint density at radius 3 is 2.42 bits per heavy atom. The smallest absolute Gasteiger partial charge is 0.221 e. The molecule has 0 aliphatic rings. The van der Waals surface area contributed by atoms with Gasteiger partial charge in [-0.05, 0) is 24.3 Å². The van der Waals surface area contributed by atoms with Crippen molar-refractivity contribution in [2.24, 2.45) is 0 Å². The summed E-state index contributed by atoms with van der Waals surface area (Å²) in [5.41, 5.74) is 0.621. The summed E-state index contributed by atoms with van der Waals surface area (Å²) in [6, 6.07) is 14.7. The quantitative estimate of drug-likeness (QED) is 0.912. The van der Waals surface area contributed by atoms with Crippen molar-refractivity contribution >= 4 is 11.6 Å². The Kier molecular flexibility index (Phi) is 4.03. The lowest BCUT2D eigenvalue weighted by Crippen LogP contribution is -2.07. The van der Waals surface area contributed by atoms with Gasteiger partial charge in [0.25, 0.3) is 0 Å². The van der Waals surface area contributed by atoms with Crippen LogP contribution < -0.4 is 14.8 Å². The molecule has 0 aromatic heterocycles. The largest absolute Gasteiger partial charge is 0.494 e. The maximum absolute atomic E-state index is 11.1. The Labute approximate surface area is 112 Å². The van der Waals surface area contributed by atoms with Gasteiger partial charge in [0, 0.05) is 13.0 Å². The van der Waals surface area contributed by atoms with E-state index in [1.165, 1.54) is 6.92 Å². The standard InChI is InChI=1S/C15H15NO3/c1-11(17)16-14-9-8-13(10-15(14)18-2)19-12-6-4-3-5-7-12/h3-10H,1-2H3,(H,16,17). The molecule has 0 aliphatic heterocycles. The molecule has 0 atom stereocenters. The molecule has 0 spiro atoms. The molecular formula is C15H15NO3. The molecule has 2 aromatic carbocycles. The molecule has 19 heavy (non-hydrogen) atoms. The number of nitrogens with one attached hydrogen (secondary N) is 1. The number of para-hydroxylation sites is 1. The van der Waals surface area contributed by atoms with Crippen LogP contribution in [0.4, 0.5) is 5.69 Å². The van der Waals surface area contributed by atoms with Crippen molar-refractivity contribution in [2.75, 3.05) is 12.4 Å². The lowest BCUT2D eigenvalue weighted by Gasteiger charge is -2.11. The molecule has 0 heterocycles. The first-order valence-electron chi connectivity index (χ1n) is 5.87. The van der Waals surface area contributed by atoms with Gasteiger partial charge in [-0.25, -0.2) is 0 Å². The number of ether oxygens (including phenoxy) is 2. The molecule has 0 radical (unpaired) electrons. The molecule has 0 saturated carbocycles. The molecule has 1 N–H and O–H groups in total. The Morgan fingerprint density at radius 1 is 1.05 bits per heavy atom. The second kappa shape index (κ2) is 5.91. The van der Waals surface area contributed by atoms with E-state index in [4.69, 9.17) is 9.47 Å². The summed E-state index contributed by atoms with van der Waals surface area (Å²) in [6.45, 7) is 1.45. The van der Waals surface area contributed by atoms with Crippen LogP contribution in [-0.2, 0) is 4.79 Å². The van der Waals surface area contributed by atoms with Gasteiger partial charge < -0.3 is 14.8 Å². The molecule has 98 valence electrons. The van der Waals surface area contributed by atoms with Crippen molar-refractivity contribution in [3.8, 4) is 17.2 Å².